The number of aryl methyl sites for hydroxylation is 1. The highest BCUT2D eigenvalue weighted by Gasteiger charge is 2.27. The van der Waals surface area contributed by atoms with Crippen LogP contribution in [0.4, 0.5) is 5.69 Å². The maximum Gasteiger partial charge on any atom is 0.260 e. The average molecular weight is 387 g/mol. The summed E-state index contributed by atoms with van der Waals surface area (Å²) in [5.74, 6) is 0.500. The van der Waals surface area contributed by atoms with Crippen LogP contribution in [0, 0.1) is 12.8 Å². The molecule has 1 aliphatic rings. The molecule has 0 unspecified atom stereocenters. The van der Waals surface area contributed by atoms with Gasteiger partial charge in [-0.3, -0.25) is 9.59 Å². The molecule has 1 N–H and O–H groups in total. The average Bonchev–Trinajstić information content (AvgIpc) is 2.67. The van der Waals surface area contributed by atoms with E-state index in [-0.39, 0.29) is 24.3 Å². The predicted molar refractivity (Wildman–Crippen MR) is 106 cm³/mol. The van der Waals surface area contributed by atoms with Gasteiger partial charge in [0.1, 0.15) is 5.75 Å². The first-order valence-corrected chi connectivity index (χ1v) is 9.43. The van der Waals surface area contributed by atoms with Crippen LogP contribution in [0.2, 0.25) is 5.02 Å². The molecule has 0 bridgehead atoms. The molecule has 142 valence electrons. The van der Waals surface area contributed by atoms with Crippen molar-refractivity contribution >= 4 is 29.1 Å². The van der Waals surface area contributed by atoms with Gasteiger partial charge in [-0.25, -0.2) is 0 Å². The number of rotatable bonds is 5. The van der Waals surface area contributed by atoms with Crippen molar-refractivity contribution in [2.24, 2.45) is 5.92 Å². The SMILES string of the molecule is Cc1ccc(OCC(=O)N2CCC(C(=O)Nc3cccc(Cl)c3)CC2)cc1. The fourth-order valence-electron chi connectivity index (χ4n) is 3.07. The lowest BCUT2D eigenvalue weighted by Crippen LogP contribution is -2.43. The summed E-state index contributed by atoms with van der Waals surface area (Å²) in [5.41, 5.74) is 1.84. The Hall–Kier alpha value is -2.53. The predicted octanol–water partition coefficient (Wildman–Crippen LogP) is 3.90. The van der Waals surface area contributed by atoms with Crippen LogP contribution in [0.25, 0.3) is 0 Å². The van der Waals surface area contributed by atoms with Crippen molar-refractivity contribution in [2.45, 2.75) is 19.8 Å². The second-order valence-corrected chi connectivity index (χ2v) is 7.19. The zero-order valence-corrected chi connectivity index (χ0v) is 16.0. The zero-order chi connectivity index (χ0) is 19.2. The van der Waals surface area contributed by atoms with E-state index in [1.165, 1.54) is 0 Å². The van der Waals surface area contributed by atoms with E-state index in [1.54, 1.807) is 23.1 Å². The van der Waals surface area contributed by atoms with Gasteiger partial charge in [0.2, 0.25) is 5.91 Å². The number of benzene rings is 2. The van der Waals surface area contributed by atoms with E-state index in [0.29, 0.717) is 42.4 Å². The minimum atomic E-state index is -0.106. The molecule has 2 aromatic carbocycles. The molecular formula is C21H23ClN2O3. The highest BCUT2D eigenvalue weighted by molar-refractivity contribution is 6.30. The molecule has 6 heteroatoms. The second-order valence-electron chi connectivity index (χ2n) is 6.76. The summed E-state index contributed by atoms with van der Waals surface area (Å²) >= 11 is 5.94. The largest absolute Gasteiger partial charge is 0.484 e. The Labute approximate surface area is 164 Å². The van der Waals surface area contributed by atoms with Crippen molar-refractivity contribution in [2.75, 3.05) is 25.0 Å². The zero-order valence-electron chi connectivity index (χ0n) is 15.3. The number of likely N-dealkylation sites (tertiary alicyclic amines) is 1. The summed E-state index contributed by atoms with van der Waals surface area (Å²) in [5, 5.41) is 3.48. The molecule has 1 fully saturated rings. The van der Waals surface area contributed by atoms with Crippen LogP contribution in [0.3, 0.4) is 0 Å². The van der Waals surface area contributed by atoms with E-state index in [1.807, 2.05) is 37.3 Å². The summed E-state index contributed by atoms with van der Waals surface area (Å²) in [4.78, 5) is 26.5. The monoisotopic (exact) mass is 386 g/mol. The summed E-state index contributed by atoms with van der Waals surface area (Å²) in [6.45, 7) is 3.14. The number of carbonyl (C=O) groups excluding carboxylic acids is 2. The third-order valence-electron chi connectivity index (χ3n) is 4.69. The molecule has 27 heavy (non-hydrogen) atoms. The molecular weight excluding hydrogens is 364 g/mol. The van der Waals surface area contributed by atoms with Gasteiger partial charge in [-0.15, -0.1) is 0 Å². The van der Waals surface area contributed by atoms with Gasteiger partial charge in [0.25, 0.3) is 5.91 Å². The lowest BCUT2D eigenvalue weighted by Gasteiger charge is -2.31. The summed E-state index contributed by atoms with van der Waals surface area (Å²) in [6, 6.07) is 14.7. The number of anilines is 1. The van der Waals surface area contributed by atoms with Crippen LogP contribution in [-0.4, -0.2) is 36.4 Å². The summed E-state index contributed by atoms with van der Waals surface area (Å²) in [7, 11) is 0. The minimum Gasteiger partial charge on any atom is -0.484 e. The molecule has 0 saturated carbocycles. The molecule has 0 aliphatic carbocycles. The van der Waals surface area contributed by atoms with E-state index in [0.717, 1.165) is 5.56 Å². The molecule has 2 aromatic rings. The fourth-order valence-corrected chi connectivity index (χ4v) is 3.26. The first kappa shape index (κ1) is 19.2. The molecule has 0 aromatic heterocycles. The normalized spacial score (nSPS) is 14.7. The van der Waals surface area contributed by atoms with Gasteiger partial charge in [0, 0.05) is 29.7 Å². The van der Waals surface area contributed by atoms with E-state index in [2.05, 4.69) is 5.32 Å². The third kappa shape index (κ3) is 5.47. The number of amides is 2. The van der Waals surface area contributed by atoms with Gasteiger partial charge in [0.05, 0.1) is 0 Å². The maximum atomic E-state index is 12.4. The topological polar surface area (TPSA) is 58.6 Å². The molecule has 1 saturated heterocycles. The molecule has 5 nitrogen and oxygen atoms in total. The number of nitrogens with zero attached hydrogens (tertiary/aromatic N) is 1. The Morgan fingerprint density at radius 1 is 1.15 bits per heavy atom. The van der Waals surface area contributed by atoms with Crippen molar-refractivity contribution in [1.29, 1.82) is 0 Å². The van der Waals surface area contributed by atoms with Crippen molar-refractivity contribution < 1.29 is 14.3 Å². The first-order chi connectivity index (χ1) is 13.0. The number of nitrogens with one attached hydrogen (secondary N) is 1. The number of hydrogen-bond acceptors (Lipinski definition) is 3. The van der Waals surface area contributed by atoms with Crippen molar-refractivity contribution in [1.82, 2.24) is 4.90 Å². The Morgan fingerprint density at radius 2 is 1.85 bits per heavy atom. The highest BCUT2D eigenvalue weighted by atomic mass is 35.5. The van der Waals surface area contributed by atoms with E-state index in [4.69, 9.17) is 16.3 Å². The summed E-state index contributed by atoms with van der Waals surface area (Å²) < 4.78 is 5.56. The quantitative estimate of drug-likeness (QED) is 0.847. The first-order valence-electron chi connectivity index (χ1n) is 9.05. The lowest BCUT2D eigenvalue weighted by molar-refractivity contribution is -0.136. The molecule has 0 spiro atoms. The second kappa shape index (κ2) is 8.91. The fraction of sp³-hybridized carbons (Fsp3) is 0.333. The van der Waals surface area contributed by atoms with E-state index in [9.17, 15) is 9.59 Å². The molecule has 1 aliphatic heterocycles. The molecule has 0 atom stereocenters. The Kier molecular flexibility index (Phi) is 6.35. The molecule has 3 rings (SSSR count). The number of ether oxygens (including phenoxy) is 1. The minimum absolute atomic E-state index is 0.0163. The van der Waals surface area contributed by atoms with Crippen LogP contribution in [0.1, 0.15) is 18.4 Å². The lowest BCUT2D eigenvalue weighted by atomic mass is 9.95. The molecule has 0 radical (unpaired) electrons. The number of halogens is 1. The van der Waals surface area contributed by atoms with Crippen molar-refractivity contribution in [3.05, 3.63) is 59.1 Å². The van der Waals surface area contributed by atoms with Gasteiger partial charge >= 0.3 is 0 Å². The van der Waals surface area contributed by atoms with Gasteiger partial charge in [-0.05, 0) is 50.1 Å². The Morgan fingerprint density at radius 3 is 2.52 bits per heavy atom. The van der Waals surface area contributed by atoms with Gasteiger partial charge in [-0.2, -0.15) is 0 Å². The van der Waals surface area contributed by atoms with E-state index >= 15 is 0 Å². The molecule has 1 heterocycles. The number of carbonyl (C=O) groups is 2. The third-order valence-corrected chi connectivity index (χ3v) is 4.93. The van der Waals surface area contributed by atoms with Crippen LogP contribution >= 0.6 is 11.6 Å². The highest BCUT2D eigenvalue weighted by Crippen LogP contribution is 2.21. The van der Waals surface area contributed by atoms with Gasteiger partial charge in [-0.1, -0.05) is 35.4 Å². The standard InChI is InChI=1S/C21H23ClN2O3/c1-15-5-7-19(8-6-15)27-14-20(25)24-11-9-16(10-12-24)21(26)23-18-4-2-3-17(22)13-18/h2-8,13,16H,9-12,14H2,1H3,(H,23,26). The van der Waals surface area contributed by atoms with E-state index < -0.39 is 0 Å². The van der Waals surface area contributed by atoms with Crippen molar-refractivity contribution in [3.63, 3.8) is 0 Å². The smallest absolute Gasteiger partial charge is 0.260 e. The Balaban J connectivity index is 1.44. The van der Waals surface area contributed by atoms with Crippen molar-refractivity contribution in [3.8, 4) is 5.75 Å². The van der Waals surface area contributed by atoms with Gasteiger partial charge < -0.3 is 15.0 Å². The van der Waals surface area contributed by atoms with Crippen LogP contribution < -0.4 is 10.1 Å². The number of piperidine rings is 1. The molecule has 2 amide bonds. The van der Waals surface area contributed by atoms with Crippen LogP contribution in [0.15, 0.2) is 48.5 Å². The maximum absolute atomic E-state index is 12.4. The number of hydrogen-bond donors (Lipinski definition) is 1. The Bertz CT molecular complexity index is 799. The van der Waals surface area contributed by atoms with Gasteiger partial charge in [0.15, 0.2) is 6.61 Å². The summed E-state index contributed by atoms with van der Waals surface area (Å²) in [6.07, 6.45) is 1.28. The van der Waals surface area contributed by atoms with Crippen LogP contribution in [-0.2, 0) is 9.59 Å². The van der Waals surface area contributed by atoms with Crippen LogP contribution in [0.5, 0.6) is 5.75 Å².